The van der Waals surface area contributed by atoms with Crippen LogP contribution in [0.3, 0.4) is 0 Å². The minimum atomic E-state index is -0.259. The van der Waals surface area contributed by atoms with Crippen LogP contribution in [-0.2, 0) is 6.42 Å². The maximum atomic E-state index is 12.8. The molecule has 0 aliphatic carbocycles. The molecule has 1 aliphatic heterocycles. The number of halogens is 1. The number of rotatable bonds is 6. The first kappa shape index (κ1) is 22.7. The summed E-state index contributed by atoms with van der Waals surface area (Å²) in [6, 6.07) is 11.3. The molecule has 0 saturated carbocycles. The van der Waals surface area contributed by atoms with E-state index < -0.39 is 0 Å². The predicted octanol–water partition coefficient (Wildman–Crippen LogP) is 3.25. The summed E-state index contributed by atoms with van der Waals surface area (Å²) in [6.07, 6.45) is 6.88. The Morgan fingerprint density at radius 2 is 1.70 bits per heavy atom. The van der Waals surface area contributed by atoms with Crippen molar-refractivity contribution in [2.45, 2.75) is 6.42 Å². The van der Waals surface area contributed by atoms with E-state index in [1.165, 1.54) is 24.2 Å². The number of aromatic nitrogens is 3. The first-order chi connectivity index (χ1) is 16.1. The second-order valence-electron chi connectivity index (χ2n) is 7.40. The van der Waals surface area contributed by atoms with Gasteiger partial charge in [-0.1, -0.05) is 28.1 Å². The van der Waals surface area contributed by atoms with Crippen LogP contribution in [0.1, 0.15) is 16.1 Å². The Labute approximate surface area is 199 Å². The van der Waals surface area contributed by atoms with Crippen molar-refractivity contribution in [2.75, 3.05) is 38.1 Å². The molecule has 0 atom stereocenters. The zero-order valence-corrected chi connectivity index (χ0v) is 19.4. The highest BCUT2D eigenvalue weighted by Gasteiger charge is 2.25. The summed E-state index contributed by atoms with van der Waals surface area (Å²) < 4.78 is 6.79. The maximum absolute atomic E-state index is 12.8. The Hall–Kier alpha value is -3.53. The number of carbonyl (C=O) groups excluding carboxylic acids is 2. The van der Waals surface area contributed by atoms with Gasteiger partial charge in [0, 0.05) is 49.5 Å². The number of urea groups is 1. The normalized spacial score (nSPS) is 13.5. The van der Waals surface area contributed by atoms with E-state index in [0.29, 0.717) is 50.0 Å². The van der Waals surface area contributed by atoms with Gasteiger partial charge in [0.15, 0.2) is 5.82 Å². The molecule has 10 heteroatoms. The second-order valence-corrected chi connectivity index (χ2v) is 8.32. The van der Waals surface area contributed by atoms with Crippen molar-refractivity contribution in [3.8, 4) is 5.75 Å². The number of benzene rings is 1. The minimum Gasteiger partial charge on any atom is -0.492 e. The fourth-order valence-electron chi connectivity index (χ4n) is 3.36. The van der Waals surface area contributed by atoms with Crippen molar-refractivity contribution in [3.63, 3.8) is 0 Å². The molecule has 0 radical (unpaired) electrons. The first-order valence-electron chi connectivity index (χ1n) is 10.5. The lowest BCUT2D eigenvalue weighted by molar-refractivity contribution is 0.0665. The van der Waals surface area contributed by atoms with Crippen molar-refractivity contribution in [1.29, 1.82) is 0 Å². The van der Waals surface area contributed by atoms with Gasteiger partial charge < -0.3 is 14.5 Å². The molecule has 1 saturated heterocycles. The minimum absolute atomic E-state index is 0.162. The van der Waals surface area contributed by atoms with E-state index >= 15 is 0 Å². The number of amides is 3. The van der Waals surface area contributed by atoms with Gasteiger partial charge in [0.1, 0.15) is 11.4 Å². The van der Waals surface area contributed by atoms with E-state index in [1.54, 1.807) is 28.1 Å². The average molecular weight is 511 g/mol. The number of nitrogens with zero attached hydrogens (tertiary/aromatic N) is 5. The van der Waals surface area contributed by atoms with E-state index in [2.05, 4.69) is 36.2 Å². The third-order valence-corrected chi connectivity index (χ3v) is 5.71. The van der Waals surface area contributed by atoms with Gasteiger partial charge in [-0.25, -0.2) is 14.8 Å². The van der Waals surface area contributed by atoms with Crippen molar-refractivity contribution in [1.82, 2.24) is 24.8 Å². The fraction of sp³-hybridized carbons (Fsp3) is 0.261. The molecular formula is C23H23BrN6O3. The van der Waals surface area contributed by atoms with Crippen LogP contribution in [0.5, 0.6) is 5.75 Å². The number of hydrogen-bond acceptors (Lipinski definition) is 6. The van der Waals surface area contributed by atoms with Gasteiger partial charge in [-0.3, -0.25) is 15.1 Å². The zero-order chi connectivity index (χ0) is 23.0. The van der Waals surface area contributed by atoms with Crippen molar-refractivity contribution >= 4 is 33.7 Å². The van der Waals surface area contributed by atoms with Crippen LogP contribution in [-0.4, -0.2) is 69.5 Å². The molecule has 33 heavy (non-hydrogen) atoms. The number of anilines is 1. The zero-order valence-electron chi connectivity index (χ0n) is 17.9. The van der Waals surface area contributed by atoms with Crippen molar-refractivity contribution in [3.05, 3.63) is 76.9 Å². The molecule has 3 aromatic rings. The Morgan fingerprint density at radius 1 is 0.939 bits per heavy atom. The maximum Gasteiger partial charge on any atom is 0.323 e. The number of carbonyl (C=O) groups is 2. The van der Waals surface area contributed by atoms with Crippen LogP contribution < -0.4 is 10.1 Å². The number of nitrogens with one attached hydrogen (secondary N) is 1. The van der Waals surface area contributed by atoms with Crippen LogP contribution in [0.15, 0.2) is 65.7 Å². The molecule has 170 valence electrons. The Balaban J connectivity index is 1.23. The van der Waals surface area contributed by atoms with E-state index in [0.717, 1.165) is 10.9 Å². The first-order valence-corrected chi connectivity index (χ1v) is 11.3. The topological polar surface area (TPSA) is 101 Å². The smallest absolute Gasteiger partial charge is 0.323 e. The van der Waals surface area contributed by atoms with Crippen LogP contribution in [0, 0.1) is 0 Å². The molecule has 9 nitrogen and oxygen atoms in total. The van der Waals surface area contributed by atoms with E-state index in [-0.39, 0.29) is 11.9 Å². The van der Waals surface area contributed by atoms with Gasteiger partial charge in [0.05, 0.1) is 19.0 Å². The highest BCUT2D eigenvalue weighted by molar-refractivity contribution is 9.10. The van der Waals surface area contributed by atoms with Crippen LogP contribution in [0.2, 0.25) is 0 Å². The summed E-state index contributed by atoms with van der Waals surface area (Å²) in [5.74, 6) is 0.851. The molecule has 4 rings (SSSR count). The molecule has 1 aromatic carbocycles. The number of ether oxygens (including phenoxy) is 1. The lowest BCUT2D eigenvalue weighted by Crippen LogP contribution is -2.51. The standard InChI is InChI=1S/C23H23BrN6O3/c24-18-3-1-17(2-4-18)7-14-33-19-5-6-20(27-15-19)22(31)29-10-12-30(13-11-29)23(32)28-21-16-25-8-9-26-21/h1-6,8-9,15-16H,7,10-14H2,(H,26,28,32). The van der Waals surface area contributed by atoms with Gasteiger partial charge >= 0.3 is 6.03 Å². The molecular weight excluding hydrogens is 488 g/mol. The highest BCUT2D eigenvalue weighted by atomic mass is 79.9. The Kier molecular flexibility index (Phi) is 7.46. The summed E-state index contributed by atoms with van der Waals surface area (Å²) in [6.45, 7) is 2.24. The third kappa shape index (κ3) is 6.26. The summed E-state index contributed by atoms with van der Waals surface area (Å²) in [4.78, 5) is 40.7. The van der Waals surface area contributed by atoms with E-state index in [1.807, 2.05) is 24.3 Å². The van der Waals surface area contributed by atoms with Gasteiger partial charge in [0.2, 0.25) is 0 Å². The van der Waals surface area contributed by atoms with Crippen LogP contribution in [0.25, 0.3) is 0 Å². The summed E-state index contributed by atoms with van der Waals surface area (Å²) >= 11 is 3.42. The molecule has 1 N–H and O–H groups in total. The molecule has 0 spiro atoms. The van der Waals surface area contributed by atoms with Gasteiger partial charge in [0.25, 0.3) is 5.91 Å². The predicted molar refractivity (Wildman–Crippen MR) is 126 cm³/mol. The monoisotopic (exact) mass is 510 g/mol. The van der Waals surface area contributed by atoms with Gasteiger partial charge in [-0.15, -0.1) is 0 Å². The van der Waals surface area contributed by atoms with Gasteiger partial charge in [-0.2, -0.15) is 0 Å². The number of piperazine rings is 1. The Morgan fingerprint density at radius 3 is 2.36 bits per heavy atom. The van der Waals surface area contributed by atoms with Crippen LogP contribution >= 0.6 is 15.9 Å². The molecule has 3 amide bonds. The number of hydrogen-bond donors (Lipinski definition) is 1. The Bertz CT molecular complexity index is 1070. The van der Waals surface area contributed by atoms with Crippen molar-refractivity contribution < 1.29 is 14.3 Å². The number of pyridine rings is 1. The lowest BCUT2D eigenvalue weighted by Gasteiger charge is -2.34. The SMILES string of the molecule is O=C(Nc1cnccn1)N1CCN(C(=O)c2ccc(OCCc3ccc(Br)cc3)cn2)CC1. The molecule has 0 bridgehead atoms. The van der Waals surface area contributed by atoms with E-state index in [4.69, 9.17) is 4.74 Å². The summed E-state index contributed by atoms with van der Waals surface area (Å²) in [7, 11) is 0. The van der Waals surface area contributed by atoms with E-state index in [9.17, 15) is 9.59 Å². The second kappa shape index (κ2) is 10.9. The van der Waals surface area contributed by atoms with Crippen molar-refractivity contribution in [2.24, 2.45) is 0 Å². The summed E-state index contributed by atoms with van der Waals surface area (Å²) in [5.41, 5.74) is 1.54. The summed E-state index contributed by atoms with van der Waals surface area (Å²) in [5, 5.41) is 2.70. The molecule has 3 heterocycles. The molecule has 0 unspecified atom stereocenters. The molecule has 1 fully saturated rings. The molecule has 1 aliphatic rings. The van der Waals surface area contributed by atoms with Gasteiger partial charge in [-0.05, 0) is 29.8 Å². The average Bonchev–Trinajstić information content (AvgIpc) is 2.86. The quantitative estimate of drug-likeness (QED) is 0.546. The largest absolute Gasteiger partial charge is 0.492 e. The fourth-order valence-corrected chi connectivity index (χ4v) is 3.62. The third-order valence-electron chi connectivity index (χ3n) is 5.18. The highest BCUT2D eigenvalue weighted by Crippen LogP contribution is 2.15. The lowest BCUT2D eigenvalue weighted by atomic mass is 10.2. The van der Waals surface area contributed by atoms with Crippen LogP contribution in [0.4, 0.5) is 10.6 Å². The molecule has 2 aromatic heterocycles.